The lowest BCUT2D eigenvalue weighted by atomic mass is 9.98. The number of allylic oxidation sites excluding steroid dienone is 1. The maximum absolute atomic E-state index is 14.0. The molecule has 0 aromatic heterocycles. The second kappa shape index (κ2) is 6.90. The Labute approximate surface area is 117 Å². The summed E-state index contributed by atoms with van der Waals surface area (Å²) in [6, 6.07) is 1.37. The maximum atomic E-state index is 14.0. The van der Waals surface area contributed by atoms with Crippen LogP contribution in [0.4, 0.5) is 13.2 Å². The zero-order valence-electron chi connectivity index (χ0n) is 11.3. The minimum Gasteiger partial charge on any atom is -0.314 e. The number of nitrogens with zero attached hydrogens (tertiary/aromatic N) is 1. The number of hydrogen-bond acceptors (Lipinski definition) is 2. The lowest BCUT2D eigenvalue weighted by molar-refractivity contribution is 0.158. The first-order chi connectivity index (χ1) is 9.65. The largest absolute Gasteiger partial charge is 0.314 e. The van der Waals surface area contributed by atoms with Crippen LogP contribution in [-0.4, -0.2) is 31.1 Å². The van der Waals surface area contributed by atoms with Crippen LogP contribution in [0.15, 0.2) is 24.8 Å². The summed E-state index contributed by atoms with van der Waals surface area (Å²) in [5, 5.41) is 3.19. The van der Waals surface area contributed by atoms with Gasteiger partial charge in [-0.1, -0.05) is 6.08 Å². The third kappa shape index (κ3) is 3.22. The summed E-state index contributed by atoms with van der Waals surface area (Å²) in [7, 11) is 0. The third-order valence-corrected chi connectivity index (χ3v) is 3.65. The Bertz CT molecular complexity index is 470. The van der Waals surface area contributed by atoms with Crippen molar-refractivity contribution in [2.45, 2.75) is 18.9 Å². The summed E-state index contributed by atoms with van der Waals surface area (Å²) in [4.78, 5) is 2.00. The van der Waals surface area contributed by atoms with E-state index in [2.05, 4.69) is 11.9 Å². The average molecular weight is 284 g/mol. The Morgan fingerprint density at radius 2 is 1.85 bits per heavy atom. The molecule has 1 aromatic rings. The van der Waals surface area contributed by atoms with Gasteiger partial charge in [0.1, 0.15) is 5.82 Å². The summed E-state index contributed by atoms with van der Waals surface area (Å²) in [5.41, 5.74) is -0.159. The molecule has 1 saturated heterocycles. The van der Waals surface area contributed by atoms with Gasteiger partial charge in [-0.15, -0.1) is 6.58 Å². The van der Waals surface area contributed by atoms with E-state index in [-0.39, 0.29) is 5.56 Å². The molecule has 0 amide bonds. The second-order valence-electron chi connectivity index (χ2n) is 4.92. The maximum Gasteiger partial charge on any atom is 0.166 e. The van der Waals surface area contributed by atoms with E-state index in [1.807, 2.05) is 4.90 Å². The summed E-state index contributed by atoms with van der Waals surface area (Å²) < 4.78 is 41.4. The first kappa shape index (κ1) is 15.1. The van der Waals surface area contributed by atoms with Gasteiger partial charge in [-0.05, 0) is 25.0 Å². The van der Waals surface area contributed by atoms with Crippen molar-refractivity contribution in [2.24, 2.45) is 0 Å². The Hall–Kier alpha value is -1.33. The van der Waals surface area contributed by atoms with Gasteiger partial charge in [-0.2, -0.15) is 0 Å². The molecule has 0 spiro atoms. The van der Waals surface area contributed by atoms with Crippen LogP contribution < -0.4 is 5.32 Å². The zero-order valence-corrected chi connectivity index (χ0v) is 11.3. The second-order valence-corrected chi connectivity index (χ2v) is 4.92. The number of piperazine rings is 1. The Balaban J connectivity index is 2.34. The highest BCUT2D eigenvalue weighted by Gasteiger charge is 2.28. The van der Waals surface area contributed by atoms with Crippen molar-refractivity contribution in [3.63, 3.8) is 0 Å². The van der Waals surface area contributed by atoms with Crippen LogP contribution in [0.1, 0.15) is 24.4 Å². The van der Waals surface area contributed by atoms with Crippen molar-refractivity contribution in [3.8, 4) is 0 Å². The molecule has 20 heavy (non-hydrogen) atoms. The minimum absolute atomic E-state index is 0.159. The predicted molar refractivity (Wildman–Crippen MR) is 72.9 cm³/mol. The van der Waals surface area contributed by atoms with Crippen molar-refractivity contribution >= 4 is 0 Å². The monoisotopic (exact) mass is 284 g/mol. The van der Waals surface area contributed by atoms with Gasteiger partial charge in [0.15, 0.2) is 11.6 Å². The molecule has 1 atom stereocenters. The van der Waals surface area contributed by atoms with E-state index in [0.29, 0.717) is 25.9 Å². The van der Waals surface area contributed by atoms with Gasteiger partial charge in [-0.25, -0.2) is 13.2 Å². The molecule has 0 bridgehead atoms. The standard InChI is InChI=1S/C15H19F3N2/c1-2-3-4-13(20-9-7-19-8-10-20)14-11(16)5-6-12(17)15(14)18/h2,5-6,13,19H,1,3-4,7-10H2/t13-/m1/s1. The van der Waals surface area contributed by atoms with Crippen molar-refractivity contribution in [2.75, 3.05) is 26.2 Å². The van der Waals surface area contributed by atoms with Crippen LogP contribution >= 0.6 is 0 Å². The molecule has 1 N–H and O–H groups in total. The lowest BCUT2D eigenvalue weighted by Crippen LogP contribution is -2.45. The Morgan fingerprint density at radius 1 is 1.20 bits per heavy atom. The molecule has 0 saturated carbocycles. The summed E-state index contributed by atoms with van der Waals surface area (Å²) in [6.07, 6.45) is 2.87. The van der Waals surface area contributed by atoms with Crippen LogP contribution in [-0.2, 0) is 0 Å². The summed E-state index contributed by atoms with van der Waals surface area (Å²) >= 11 is 0. The number of hydrogen-bond donors (Lipinski definition) is 1. The highest BCUT2D eigenvalue weighted by molar-refractivity contribution is 5.25. The van der Waals surface area contributed by atoms with Crippen LogP contribution in [0.3, 0.4) is 0 Å². The van der Waals surface area contributed by atoms with Crippen molar-refractivity contribution in [1.29, 1.82) is 0 Å². The fourth-order valence-corrected chi connectivity index (χ4v) is 2.63. The smallest absolute Gasteiger partial charge is 0.166 e. The van der Waals surface area contributed by atoms with Crippen molar-refractivity contribution < 1.29 is 13.2 Å². The number of halogens is 3. The lowest BCUT2D eigenvalue weighted by Gasteiger charge is -2.35. The SMILES string of the molecule is C=CCC[C@H](c1c(F)ccc(F)c1F)N1CCNCC1. The van der Waals surface area contributed by atoms with Crippen LogP contribution in [0.25, 0.3) is 0 Å². The molecular formula is C15H19F3N2. The molecule has 2 rings (SSSR count). The van der Waals surface area contributed by atoms with Crippen molar-refractivity contribution in [3.05, 3.63) is 47.8 Å². The molecule has 0 unspecified atom stereocenters. The highest BCUT2D eigenvalue weighted by atomic mass is 19.2. The predicted octanol–water partition coefficient (Wildman–Crippen LogP) is 3.02. The van der Waals surface area contributed by atoms with E-state index in [1.54, 1.807) is 6.08 Å². The minimum atomic E-state index is -1.07. The fourth-order valence-electron chi connectivity index (χ4n) is 2.63. The van der Waals surface area contributed by atoms with E-state index < -0.39 is 23.5 Å². The Morgan fingerprint density at radius 3 is 2.50 bits per heavy atom. The molecule has 0 aliphatic carbocycles. The van der Waals surface area contributed by atoms with E-state index in [1.165, 1.54) is 0 Å². The third-order valence-electron chi connectivity index (χ3n) is 3.65. The fraction of sp³-hybridized carbons (Fsp3) is 0.467. The van der Waals surface area contributed by atoms with E-state index in [9.17, 15) is 13.2 Å². The quantitative estimate of drug-likeness (QED) is 0.660. The van der Waals surface area contributed by atoms with Gasteiger partial charge in [0.2, 0.25) is 0 Å². The number of rotatable bonds is 5. The molecule has 5 heteroatoms. The van der Waals surface area contributed by atoms with Gasteiger partial charge in [0.25, 0.3) is 0 Å². The van der Waals surface area contributed by atoms with Gasteiger partial charge in [-0.3, -0.25) is 4.90 Å². The molecule has 0 radical (unpaired) electrons. The Kier molecular flexibility index (Phi) is 5.20. The molecule has 1 fully saturated rings. The van der Waals surface area contributed by atoms with Gasteiger partial charge in [0, 0.05) is 37.8 Å². The molecule has 2 nitrogen and oxygen atoms in total. The number of benzene rings is 1. The first-order valence-electron chi connectivity index (χ1n) is 6.84. The van der Waals surface area contributed by atoms with E-state index in [4.69, 9.17) is 0 Å². The zero-order chi connectivity index (χ0) is 14.5. The summed E-state index contributed by atoms with van der Waals surface area (Å²) in [5.74, 6) is -2.76. The molecule has 1 aliphatic heterocycles. The number of nitrogens with one attached hydrogen (secondary N) is 1. The molecule has 110 valence electrons. The highest BCUT2D eigenvalue weighted by Crippen LogP contribution is 2.31. The molecule has 1 heterocycles. The van der Waals surface area contributed by atoms with E-state index >= 15 is 0 Å². The molecule has 1 aliphatic rings. The van der Waals surface area contributed by atoms with Gasteiger partial charge < -0.3 is 5.32 Å². The first-order valence-corrected chi connectivity index (χ1v) is 6.84. The van der Waals surface area contributed by atoms with Crippen molar-refractivity contribution in [1.82, 2.24) is 10.2 Å². The average Bonchev–Trinajstić information content (AvgIpc) is 2.47. The topological polar surface area (TPSA) is 15.3 Å². The normalized spacial score (nSPS) is 17.9. The van der Waals surface area contributed by atoms with Crippen LogP contribution in [0.5, 0.6) is 0 Å². The van der Waals surface area contributed by atoms with Gasteiger partial charge in [0.05, 0.1) is 0 Å². The van der Waals surface area contributed by atoms with Gasteiger partial charge >= 0.3 is 0 Å². The molecular weight excluding hydrogens is 265 g/mol. The molecule has 1 aromatic carbocycles. The van der Waals surface area contributed by atoms with Crippen LogP contribution in [0, 0.1) is 17.5 Å². The van der Waals surface area contributed by atoms with Crippen LogP contribution in [0.2, 0.25) is 0 Å². The summed E-state index contributed by atoms with van der Waals surface area (Å²) in [6.45, 7) is 6.56. The van der Waals surface area contributed by atoms with E-state index in [0.717, 1.165) is 25.2 Å².